The molecular formula is C32H45N7O3S2Si. The van der Waals surface area contributed by atoms with Gasteiger partial charge in [0.15, 0.2) is 27.3 Å². The Morgan fingerprint density at radius 1 is 1.18 bits per heavy atom. The number of esters is 1. The zero-order valence-electron chi connectivity index (χ0n) is 27.7. The van der Waals surface area contributed by atoms with Gasteiger partial charge >= 0.3 is 5.97 Å². The molecule has 0 bridgehead atoms. The van der Waals surface area contributed by atoms with Crippen LogP contribution in [0.3, 0.4) is 0 Å². The van der Waals surface area contributed by atoms with Crippen LogP contribution >= 0.6 is 22.7 Å². The highest BCUT2D eigenvalue weighted by atomic mass is 32.1. The quantitative estimate of drug-likeness (QED) is 0.0873. The Bertz CT molecular complexity index is 1700. The Labute approximate surface area is 274 Å². The fourth-order valence-corrected chi connectivity index (χ4v) is 8.06. The number of hydrogen-bond acceptors (Lipinski definition) is 11. The van der Waals surface area contributed by atoms with Crippen LogP contribution in [0.5, 0.6) is 0 Å². The minimum atomic E-state index is -1.18. The van der Waals surface area contributed by atoms with Crippen molar-refractivity contribution in [3.05, 3.63) is 51.3 Å². The number of nitrogens with zero attached hydrogens (tertiary/aromatic N) is 7. The van der Waals surface area contributed by atoms with Gasteiger partial charge in [0.05, 0.1) is 16.8 Å². The summed E-state index contributed by atoms with van der Waals surface area (Å²) in [7, 11) is 0.719. The van der Waals surface area contributed by atoms with Crippen molar-refractivity contribution in [2.45, 2.75) is 66.0 Å². The number of thiazole rings is 2. The van der Waals surface area contributed by atoms with Crippen LogP contribution in [-0.4, -0.2) is 78.6 Å². The number of fused-ring (bicyclic) bond motifs is 1. The van der Waals surface area contributed by atoms with E-state index in [1.54, 1.807) is 11.3 Å². The second-order valence-electron chi connectivity index (χ2n) is 13.2. The zero-order valence-corrected chi connectivity index (χ0v) is 30.3. The first kappa shape index (κ1) is 33.4. The van der Waals surface area contributed by atoms with Crippen molar-refractivity contribution >= 4 is 63.7 Å². The topological polar surface area (TPSA) is 98.0 Å². The normalized spacial score (nSPS) is 14.8. The average molecular weight is 668 g/mol. The van der Waals surface area contributed by atoms with Crippen molar-refractivity contribution in [1.82, 2.24) is 24.6 Å². The van der Waals surface area contributed by atoms with E-state index in [1.165, 1.54) is 11.3 Å². The lowest BCUT2D eigenvalue weighted by molar-refractivity contribution is 0.0514. The van der Waals surface area contributed by atoms with Crippen LogP contribution in [0.2, 0.25) is 25.7 Å². The summed E-state index contributed by atoms with van der Waals surface area (Å²) in [6.45, 7) is 19.7. The molecule has 1 fully saturated rings. The predicted molar refractivity (Wildman–Crippen MR) is 186 cm³/mol. The second-order valence-corrected chi connectivity index (χ2v) is 20.9. The predicted octanol–water partition coefficient (Wildman–Crippen LogP) is 6.80. The molecule has 0 radical (unpaired) electrons. The third-order valence-corrected chi connectivity index (χ3v) is 11.7. The van der Waals surface area contributed by atoms with E-state index >= 15 is 0 Å². The van der Waals surface area contributed by atoms with Gasteiger partial charge in [0.1, 0.15) is 6.73 Å². The molecule has 0 spiro atoms. The molecule has 1 aromatic carbocycles. The molecule has 0 atom stereocenters. The van der Waals surface area contributed by atoms with Crippen LogP contribution in [0.1, 0.15) is 47.6 Å². The first-order valence-electron chi connectivity index (χ1n) is 15.6. The van der Waals surface area contributed by atoms with E-state index in [9.17, 15) is 4.79 Å². The summed E-state index contributed by atoms with van der Waals surface area (Å²) in [4.78, 5) is 28.7. The van der Waals surface area contributed by atoms with Crippen LogP contribution in [-0.2, 0) is 16.2 Å². The van der Waals surface area contributed by atoms with E-state index in [0.717, 1.165) is 57.7 Å². The molecule has 10 nitrogen and oxygen atoms in total. The third-order valence-electron chi connectivity index (χ3n) is 7.64. The monoisotopic (exact) mass is 667 g/mol. The van der Waals surface area contributed by atoms with Gasteiger partial charge in [-0.2, -0.15) is 4.99 Å². The summed E-state index contributed by atoms with van der Waals surface area (Å²) in [5, 5.41) is 9.75. The van der Waals surface area contributed by atoms with Gasteiger partial charge in [0.2, 0.25) is 0 Å². The van der Waals surface area contributed by atoms with E-state index in [1.807, 2.05) is 44.0 Å². The van der Waals surface area contributed by atoms with Crippen molar-refractivity contribution < 1.29 is 14.3 Å². The lowest BCUT2D eigenvalue weighted by Gasteiger charge is -2.39. The van der Waals surface area contributed by atoms with Gasteiger partial charge in [-0.05, 0) is 49.6 Å². The van der Waals surface area contributed by atoms with Crippen molar-refractivity contribution in [1.29, 1.82) is 0 Å². The van der Waals surface area contributed by atoms with Gasteiger partial charge in [-0.15, -0.1) is 21.5 Å². The molecule has 1 saturated heterocycles. The highest BCUT2D eigenvalue weighted by Crippen LogP contribution is 2.39. The molecule has 3 aromatic heterocycles. The third kappa shape index (κ3) is 8.06. The van der Waals surface area contributed by atoms with Gasteiger partial charge in [0, 0.05) is 52.2 Å². The summed E-state index contributed by atoms with van der Waals surface area (Å²) in [6, 6.07) is 11.4. The van der Waals surface area contributed by atoms with Crippen LogP contribution in [0.15, 0.2) is 35.3 Å². The SMILES string of the molecule is CCOC(=O)c1nc(N(C)c2cc(C)c(N=c3sc4ccccc4n3COCC[Si](C)(C)C)nn2)sc1C1CN(CC(C)C)C1. The number of rotatable bonds is 13. The number of ether oxygens (including phenoxy) is 2. The molecule has 0 unspecified atom stereocenters. The molecule has 45 heavy (non-hydrogen) atoms. The Morgan fingerprint density at radius 3 is 2.62 bits per heavy atom. The fourth-order valence-electron chi connectivity index (χ4n) is 5.18. The molecule has 4 heterocycles. The number of anilines is 2. The Kier molecular flexibility index (Phi) is 10.5. The van der Waals surface area contributed by atoms with Crippen molar-refractivity contribution in [3.63, 3.8) is 0 Å². The molecule has 0 saturated carbocycles. The highest BCUT2D eigenvalue weighted by Gasteiger charge is 2.35. The highest BCUT2D eigenvalue weighted by molar-refractivity contribution is 7.16. The molecule has 5 rings (SSSR count). The van der Waals surface area contributed by atoms with Crippen molar-refractivity contribution in [2.24, 2.45) is 10.9 Å². The lowest BCUT2D eigenvalue weighted by atomic mass is 9.95. The first-order valence-corrected chi connectivity index (χ1v) is 21.0. The maximum atomic E-state index is 12.9. The van der Waals surface area contributed by atoms with Crippen LogP contribution in [0.4, 0.5) is 16.8 Å². The first-order chi connectivity index (χ1) is 21.4. The Hall–Kier alpha value is -2.97. The number of aryl methyl sites for hydroxylation is 1. The smallest absolute Gasteiger partial charge is 0.358 e. The summed E-state index contributed by atoms with van der Waals surface area (Å²) in [5.74, 6) is 1.69. The van der Waals surface area contributed by atoms with E-state index in [0.29, 0.717) is 41.7 Å². The Morgan fingerprint density at radius 2 is 1.93 bits per heavy atom. The summed E-state index contributed by atoms with van der Waals surface area (Å²) in [6.07, 6.45) is 0. The number of benzene rings is 1. The van der Waals surface area contributed by atoms with Crippen molar-refractivity contribution in [3.8, 4) is 0 Å². The van der Waals surface area contributed by atoms with Crippen molar-refractivity contribution in [2.75, 3.05) is 44.8 Å². The molecule has 0 N–H and O–H groups in total. The van der Waals surface area contributed by atoms with E-state index < -0.39 is 8.07 Å². The van der Waals surface area contributed by atoms with E-state index in [4.69, 9.17) is 19.5 Å². The fraction of sp³-hybridized carbons (Fsp3) is 0.531. The van der Waals surface area contributed by atoms with E-state index in [2.05, 4.69) is 65.3 Å². The summed E-state index contributed by atoms with van der Waals surface area (Å²) >= 11 is 3.15. The number of carbonyl (C=O) groups excluding carboxylic acids is 1. The van der Waals surface area contributed by atoms with Gasteiger partial charge in [-0.3, -0.25) is 4.57 Å². The van der Waals surface area contributed by atoms with Crippen LogP contribution in [0, 0.1) is 12.8 Å². The number of hydrogen-bond donors (Lipinski definition) is 0. The molecule has 242 valence electrons. The minimum Gasteiger partial charge on any atom is -0.461 e. The van der Waals surface area contributed by atoms with Gasteiger partial charge in [-0.25, -0.2) is 9.78 Å². The molecule has 13 heteroatoms. The van der Waals surface area contributed by atoms with Gasteiger partial charge in [0.25, 0.3) is 0 Å². The van der Waals surface area contributed by atoms with Crippen LogP contribution < -0.4 is 9.70 Å². The zero-order chi connectivity index (χ0) is 32.3. The number of likely N-dealkylation sites (tertiary alicyclic amines) is 1. The second kappa shape index (κ2) is 14.2. The number of para-hydroxylation sites is 1. The summed E-state index contributed by atoms with van der Waals surface area (Å²) < 4.78 is 14.8. The summed E-state index contributed by atoms with van der Waals surface area (Å²) in [5.41, 5.74) is 2.39. The lowest BCUT2D eigenvalue weighted by Crippen LogP contribution is -2.46. The largest absolute Gasteiger partial charge is 0.461 e. The molecule has 1 aliphatic heterocycles. The average Bonchev–Trinajstić information content (AvgIpc) is 3.55. The molecule has 4 aromatic rings. The van der Waals surface area contributed by atoms with E-state index in [-0.39, 0.29) is 11.9 Å². The molecule has 0 amide bonds. The maximum Gasteiger partial charge on any atom is 0.358 e. The molecule has 0 aliphatic carbocycles. The maximum absolute atomic E-state index is 12.9. The van der Waals surface area contributed by atoms with Gasteiger partial charge < -0.3 is 19.3 Å². The molecular weight excluding hydrogens is 623 g/mol. The van der Waals surface area contributed by atoms with Gasteiger partial charge in [-0.1, -0.05) is 57.0 Å². The number of carbonyl (C=O) groups is 1. The van der Waals surface area contributed by atoms with Crippen LogP contribution in [0.25, 0.3) is 10.2 Å². The molecule has 1 aliphatic rings. The minimum absolute atomic E-state index is 0.268. The number of aromatic nitrogens is 4. The standard InChI is InChI=1S/C32H45N7O3S2Si/c1-9-42-30(40)27-28(23-18-38(19-23)17-21(2)3)44-31(33-27)37(5)26-16-22(4)29(36-35-26)34-32-39(20-41-14-15-45(6,7)8)24-12-10-11-13-25(24)43-32/h10-13,16,21,23H,9,14-15,17-20H2,1-8H3. The Balaban J connectivity index is 1.39.